The van der Waals surface area contributed by atoms with Crippen LogP contribution in [0.25, 0.3) is 11.1 Å². The second kappa shape index (κ2) is 11.0. The summed E-state index contributed by atoms with van der Waals surface area (Å²) >= 11 is 0. The van der Waals surface area contributed by atoms with Crippen molar-refractivity contribution >= 4 is 18.3 Å². The van der Waals surface area contributed by atoms with Crippen molar-refractivity contribution in [2.45, 2.75) is 32.1 Å². The molecule has 0 radical (unpaired) electrons. The van der Waals surface area contributed by atoms with Crippen molar-refractivity contribution in [3.05, 3.63) is 60.2 Å². The standard InChI is InChI=1S/C22H28N2O.ClH/c25-22(10-9-18-11-14-23-15-12-18)24-16-13-19-5-4-8-21(17-19)20-6-2-1-3-7-20;/h1-8,17-18,23H,9-16H2,(H,24,25);1H. The molecule has 2 N–H and O–H groups in total. The Kier molecular flexibility index (Phi) is 8.66. The number of rotatable bonds is 7. The van der Waals surface area contributed by atoms with Gasteiger partial charge in [0.1, 0.15) is 0 Å². The number of hydrogen-bond acceptors (Lipinski definition) is 2. The molecule has 140 valence electrons. The summed E-state index contributed by atoms with van der Waals surface area (Å²) in [5.41, 5.74) is 3.73. The summed E-state index contributed by atoms with van der Waals surface area (Å²) in [4.78, 5) is 12.0. The fourth-order valence-corrected chi connectivity index (χ4v) is 3.48. The van der Waals surface area contributed by atoms with Gasteiger partial charge in [0.05, 0.1) is 0 Å². The van der Waals surface area contributed by atoms with E-state index in [1.807, 2.05) is 6.07 Å². The summed E-state index contributed by atoms with van der Waals surface area (Å²) in [6, 6.07) is 19.0. The fourth-order valence-electron chi connectivity index (χ4n) is 3.48. The van der Waals surface area contributed by atoms with E-state index >= 15 is 0 Å². The first-order chi connectivity index (χ1) is 12.3. The first-order valence-corrected chi connectivity index (χ1v) is 9.43. The lowest BCUT2D eigenvalue weighted by atomic mass is 9.93. The quantitative estimate of drug-likeness (QED) is 0.764. The van der Waals surface area contributed by atoms with Gasteiger partial charge in [-0.3, -0.25) is 4.79 Å². The Bertz CT molecular complexity index is 669. The molecule has 1 aliphatic heterocycles. The van der Waals surface area contributed by atoms with E-state index in [1.165, 1.54) is 29.5 Å². The molecule has 1 fully saturated rings. The largest absolute Gasteiger partial charge is 0.356 e. The highest BCUT2D eigenvalue weighted by Gasteiger charge is 2.14. The molecule has 1 aliphatic rings. The second-order valence-corrected chi connectivity index (χ2v) is 6.90. The van der Waals surface area contributed by atoms with Gasteiger partial charge in [0, 0.05) is 13.0 Å². The summed E-state index contributed by atoms with van der Waals surface area (Å²) in [5, 5.41) is 6.45. The van der Waals surface area contributed by atoms with Crippen LogP contribution in [0, 0.1) is 5.92 Å². The van der Waals surface area contributed by atoms with Crippen molar-refractivity contribution in [2.75, 3.05) is 19.6 Å². The van der Waals surface area contributed by atoms with Crippen LogP contribution in [0.15, 0.2) is 54.6 Å². The van der Waals surface area contributed by atoms with Gasteiger partial charge in [-0.1, -0.05) is 54.6 Å². The maximum atomic E-state index is 12.0. The van der Waals surface area contributed by atoms with E-state index in [0.29, 0.717) is 13.0 Å². The lowest BCUT2D eigenvalue weighted by molar-refractivity contribution is -0.121. The number of benzene rings is 2. The molecule has 4 heteroatoms. The summed E-state index contributed by atoms with van der Waals surface area (Å²) in [7, 11) is 0. The van der Waals surface area contributed by atoms with Crippen LogP contribution in [0.3, 0.4) is 0 Å². The zero-order chi connectivity index (χ0) is 17.3. The third kappa shape index (κ3) is 6.47. The molecule has 3 nitrogen and oxygen atoms in total. The van der Waals surface area contributed by atoms with Gasteiger partial charge in [-0.2, -0.15) is 0 Å². The van der Waals surface area contributed by atoms with E-state index in [1.54, 1.807) is 0 Å². The van der Waals surface area contributed by atoms with Crippen LogP contribution < -0.4 is 10.6 Å². The molecule has 1 amide bonds. The highest BCUT2D eigenvalue weighted by Crippen LogP contribution is 2.20. The van der Waals surface area contributed by atoms with Crippen LogP contribution in [-0.2, 0) is 11.2 Å². The molecule has 1 heterocycles. The summed E-state index contributed by atoms with van der Waals surface area (Å²) in [6.45, 7) is 2.91. The number of amides is 1. The number of halogens is 1. The van der Waals surface area contributed by atoms with Gasteiger partial charge in [-0.25, -0.2) is 0 Å². The number of hydrogen-bond donors (Lipinski definition) is 2. The molecule has 0 aromatic heterocycles. The maximum absolute atomic E-state index is 12.0. The van der Waals surface area contributed by atoms with E-state index in [0.717, 1.165) is 31.8 Å². The van der Waals surface area contributed by atoms with Gasteiger partial charge in [0.2, 0.25) is 5.91 Å². The van der Waals surface area contributed by atoms with E-state index in [2.05, 4.69) is 59.2 Å². The highest BCUT2D eigenvalue weighted by atomic mass is 35.5. The molecular formula is C22H29ClN2O. The van der Waals surface area contributed by atoms with Crippen LogP contribution in [0.5, 0.6) is 0 Å². The lowest BCUT2D eigenvalue weighted by Crippen LogP contribution is -2.30. The second-order valence-electron chi connectivity index (χ2n) is 6.90. The minimum absolute atomic E-state index is 0. The van der Waals surface area contributed by atoms with Gasteiger partial charge in [0.25, 0.3) is 0 Å². The average molecular weight is 373 g/mol. The fraction of sp³-hybridized carbons (Fsp3) is 0.409. The van der Waals surface area contributed by atoms with Crippen molar-refractivity contribution in [2.24, 2.45) is 5.92 Å². The van der Waals surface area contributed by atoms with Crippen LogP contribution >= 0.6 is 12.4 Å². The molecule has 2 aromatic rings. The Balaban J connectivity index is 0.00000243. The van der Waals surface area contributed by atoms with Crippen molar-refractivity contribution < 1.29 is 4.79 Å². The summed E-state index contributed by atoms with van der Waals surface area (Å²) < 4.78 is 0. The third-order valence-electron chi connectivity index (χ3n) is 5.01. The smallest absolute Gasteiger partial charge is 0.220 e. The molecule has 0 spiro atoms. The Hall–Kier alpha value is -1.84. The number of carbonyl (C=O) groups is 1. The molecule has 2 aromatic carbocycles. The maximum Gasteiger partial charge on any atom is 0.220 e. The Labute approximate surface area is 163 Å². The van der Waals surface area contributed by atoms with Gasteiger partial charge in [0.15, 0.2) is 0 Å². The van der Waals surface area contributed by atoms with Gasteiger partial charge >= 0.3 is 0 Å². The minimum atomic E-state index is 0. The Morgan fingerprint density at radius 1 is 1.00 bits per heavy atom. The van der Waals surface area contributed by atoms with E-state index in [9.17, 15) is 4.79 Å². The van der Waals surface area contributed by atoms with E-state index in [4.69, 9.17) is 0 Å². The first-order valence-electron chi connectivity index (χ1n) is 9.43. The van der Waals surface area contributed by atoms with Crippen molar-refractivity contribution in [1.29, 1.82) is 0 Å². The molecule has 1 saturated heterocycles. The molecule has 0 saturated carbocycles. The zero-order valence-electron chi connectivity index (χ0n) is 15.2. The van der Waals surface area contributed by atoms with Crippen LogP contribution in [0.2, 0.25) is 0 Å². The Morgan fingerprint density at radius 3 is 2.50 bits per heavy atom. The third-order valence-corrected chi connectivity index (χ3v) is 5.01. The van der Waals surface area contributed by atoms with Gasteiger partial charge < -0.3 is 10.6 Å². The molecule has 0 unspecified atom stereocenters. The van der Waals surface area contributed by atoms with E-state index < -0.39 is 0 Å². The van der Waals surface area contributed by atoms with Gasteiger partial charge in [-0.05, 0) is 61.4 Å². The molecule has 3 rings (SSSR count). The lowest BCUT2D eigenvalue weighted by Gasteiger charge is -2.22. The van der Waals surface area contributed by atoms with Crippen molar-refractivity contribution in [3.63, 3.8) is 0 Å². The molecule has 0 bridgehead atoms. The number of piperidine rings is 1. The van der Waals surface area contributed by atoms with Crippen LogP contribution in [0.4, 0.5) is 0 Å². The monoisotopic (exact) mass is 372 g/mol. The van der Waals surface area contributed by atoms with Crippen LogP contribution in [0.1, 0.15) is 31.2 Å². The van der Waals surface area contributed by atoms with Gasteiger partial charge in [-0.15, -0.1) is 12.4 Å². The normalized spacial score (nSPS) is 14.5. The predicted molar refractivity (Wildman–Crippen MR) is 111 cm³/mol. The summed E-state index contributed by atoms with van der Waals surface area (Å²) in [5.74, 6) is 0.910. The molecule has 26 heavy (non-hydrogen) atoms. The SMILES string of the molecule is Cl.O=C(CCC1CCNCC1)NCCc1cccc(-c2ccccc2)c1. The minimum Gasteiger partial charge on any atom is -0.356 e. The molecule has 0 aliphatic carbocycles. The van der Waals surface area contributed by atoms with Crippen LogP contribution in [-0.4, -0.2) is 25.5 Å². The molecular weight excluding hydrogens is 344 g/mol. The average Bonchev–Trinajstić information content (AvgIpc) is 2.68. The topological polar surface area (TPSA) is 41.1 Å². The van der Waals surface area contributed by atoms with E-state index in [-0.39, 0.29) is 18.3 Å². The van der Waals surface area contributed by atoms with Crippen molar-refractivity contribution in [1.82, 2.24) is 10.6 Å². The Morgan fingerprint density at radius 2 is 1.73 bits per heavy atom. The summed E-state index contributed by atoms with van der Waals surface area (Å²) in [6.07, 6.45) is 4.98. The zero-order valence-corrected chi connectivity index (χ0v) is 16.1. The number of nitrogens with one attached hydrogen (secondary N) is 2. The predicted octanol–water partition coefficient (Wildman–Crippen LogP) is 4.21. The highest BCUT2D eigenvalue weighted by molar-refractivity contribution is 5.85. The van der Waals surface area contributed by atoms with Crippen molar-refractivity contribution in [3.8, 4) is 11.1 Å². The number of carbonyl (C=O) groups excluding carboxylic acids is 1. The first kappa shape index (κ1) is 20.5. The molecule has 0 atom stereocenters.